The first-order valence-corrected chi connectivity index (χ1v) is 8.10. The lowest BCUT2D eigenvalue weighted by atomic mass is 10.1. The third-order valence-corrected chi connectivity index (χ3v) is 4.29. The SMILES string of the molecule is O=C(c1cc([N+](=O)[O-])ccc1Cl)N1CCC(Oc2cccnn2)CC1. The van der Waals surface area contributed by atoms with E-state index in [-0.39, 0.29) is 28.3 Å². The molecule has 1 fully saturated rings. The molecule has 3 rings (SSSR count). The molecule has 0 aliphatic carbocycles. The van der Waals surface area contributed by atoms with Crippen molar-refractivity contribution in [3.8, 4) is 5.88 Å². The van der Waals surface area contributed by atoms with Gasteiger partial charge in [-0.25, -0.2) is 0 Å². The van der Waals surface area contributed by atoms with E-state index in [2.05, 4.69) is 10.2 Å². The van der Waals surface area contributed by atoms with Gasteiger partial charge in [0.2, 0.25) is 5.88 Å². The van der Waals surface area contributed by atoms with Gasteiger partial charge in [0, 0.05) is 50.3 Å². The van der Waals surface area contributed by atoms with Crippen LogP contribution in [0.25, 0.3) is 0 Å². The number of amides is 1. The fourth-order valence-corrected chi connectivity index (χ4v) is 2.86. The second kappa shape index (κ2) is 7.43. The lowest BCUT2D eigenvalue weighted by Crippen LogP contribution is -2.42. The van der Waals surface area contributed by atoms with Crippen LogP contribution in [-0.2, 0) is 0 Å². The Morgan fingerprint density at radius 3 is 2.72 bits per heavy atom. The molecule has 1 aromatic carbocycles. The van der Waals surface area contributed by atoms with Crippen LogP contribution in [0.2, 0.25) is 5.02 Å². The summed E-state index contributed by atoms with van der Waals surface area (Å²) in [5.41, 5.74) is -0.0159. The topological polar surface area (TPSA) is 98.5 Å². The minimum Gasteiger partial charge on any atom is -0.473 e. The van der Waals surface area contributed by atoms with Crippen LogP contribution in [0.5, 0.6) is 5.88 Å². The predicted octanol–water partition coefficient (Wildman–Crippen LogP) is 2.72. The number of benzene rings is 1. The molecule has 8 nitrogen and oxygen atoms in total. The zero-order chi connectivity index (χ0) is 17.8. The lowest BCUT2D eigenvalue weighted by molar-refractivity contribution is -0.384. The smallest absolute Gasteiger partial charge is 0.270 e. The van der Waals surface area contributed by atoms with Crippen molar-refractivity contribution in [1.82, 2.24) is 15.1 Å². The van der Waals surface area contributed by atoms with Crippen LogP contribution < -0.4 is 4.74 Å². The minimum absolute atomic E-state index is 0.0543. The minimum atomic E-state index is -0.548. The summed E-state index contributed by atoms with van der Waals surface area (Å²) in [6.07, 6.45) is 2.78. The number of likely N-dealkylation sites (tertiary alicyclic amines) is 1. The normalized spacial score (nSPS) is 15.0. The van der Waals surface area contributed by atoms with Crippen LogP contribution in [0, 0.1) is 10.1 Å². The van der Waals surface area contributed by atoms with Crippen LogP contribution in [0.1, 0.15) is 23.2 Å². The van der Waals surface area contributed by atoms with Gasteiger partial charge >= 0.3 is 0 Å². The number of hydrogen-bond donors (Lipinski definition) is 0. The van der Waals surface area contributed by atoms with Crippen molar-refractivity contribution in [1.29, 1.82) is 0 Å². The van der Waals surface area contributed by atoms with E-state index in [1.54, 1.807) is 23.2 Å². The number of ether oxygens (including phenoxy) is 1. The van der Waals surface area contributed by atoms with E-state index in [0.717, 1.165) is 0 Å². The molecule has 1 aliphatic rings. The van der Waals surface area contributed by atoms with Gasteiger partial charge in [-0.1, -0.05) is 11.6 Å². The van der Waals surface area contributed by atoms with Crippen molar-refractivity contribution in [3.63, 3.8) is 0 Å². The van der Waals surface area contributed by atoms with Crippen LogP contribution >= 0.6 is 11.6 Å². The van der Waals surface area contributed by atoms with Gasteiger partial charge in [0.25, 0.3) is 11.6 Å². The molecule has 2 aromatic rings. The molecule has 0 bridgehead atoms. The Morgan fingerprint density at radius 1 is 1.32 bits per heavy atom. The number of halogens is 1. The van der Waals surface area contributed by atoms with Gasteiger partial charge in [0.05, 0.1) is 15.5 Å². The molecule has 0 unspecified atom stereocenters. The number of carbonyl (C=O) groups excluding carboxylic acids is 1. The summed E-state index contributed by atoms with van der Waals surface area (Å²) in [4.78, 5) is 24.6. The standard InChI is InChI=1S/C16H15ClN4O4/c17-14-4-3-11(21(23)24)10-13(14)16(22)20-8-5-12(6-9-20)25-15-2-1-7-18-19-15/h1-4,7,10,12H,5-6,8-9H2. The maximum atomic E-state index is 12.6. The zero-order valence-electron chi connectivity index (χ0n) is 13.2. The molecule has 1 aromatic heterocycles. The van der Waals surface area contributed by atoms with Gasteiger partial charge < -0.3 is 9.64 Å². The first-order valence-electron chi connectivity index (χ1n) is 7.72. The van der Waals surface area contributed by atoms with Crippen molar-refractivity contribution >= 4 is 23.2 Å². The molecule has 1 amide bonds. The Morgan fingerprint density at radius 2 is 2.08 bits per heavy atom. The summed E-state index contributed by atoms with van der Waals surface area (Å²) in [6, 6.07) is 7.34. The summed E-state index contributed by atoms with van der Waals surface area (Å²) in [5, 5.41) is 18.7. The number of nitrogens with zero attached hydrogens (tertiary/aromatic N) is 4. The van der Waals surface area contributed by atoms with Crippen molar-refractivity contribution in [2.24, 2.45) is 0 Å². The average molecular weight is 363 g/mol. The second-order valence-electron chi connectivity index (χ2n) is 5.59. The molecule has 0 radical (unpaired) electrons. The third kappa shape index (κ3) is 4.03. The summed E-state index contributed by atoms with van der Waals surface area (Å²) in [6.45, 7) is 0.950. The van der Waals surface area contributed by atoms with Crippen LogP contribution in [0.3, 0.4) is 0 Å². The molecular weight excluding hydrogens is 348 g/mol. The number of nitro groups is 1. The van der Waals surface area contributed by atoms with E-state index in [0.29, 0.717) is 31.8 Å². The van der Waals surface area contributed by atoms with Gasteiger partial charge in [-0.05, 0) is 12.1 Å². The molecule has 0 saturated carbocycles. The van der Waals surface area contributed by atoms with E-state index in [1.165, 1.54) is 18.2 Å². The summed E-state index contributed by atoms with van der Waals surface area (Å²) >= 11 is 6.04. The van der Waals surface area contributed by atoms with E-state index in [9.17, 15) is 14.9 Å². The second-order valence-corrected chi connectivity index (χ2v) is 6.00. The summed E-state index contributed by atoms with van der Waals surface area (Å²) in [7, 11) is 0. The molecule has 1 aliphatic heterocycles. The Labute approximate surface area is 148 Å². The number of piperidine rings is 1. The predicted molar refractivity (Wildman–Crippen MR) is 89.7 cm³/mol. The number of nitro benzene ring substituents is 1. The highest BCUT2D eigenvalue weighted by Crippen LogP contribution is 2.25. The van der Waals surface area contributed by atoms with E-state index < -0.39 is 4.92 Å². The Balaban J connectivity index is 1.64. The summed E-state index contributed by atoms with van der Waals surface area (Å²) < 4.78 is 5.74. The van der Waals surface area contributed by atoms with Crippen molar-refractivity contribution in [2.75, 3.05) is 13.1 Å². The number of non-ortho nitro benzene ring substituents is 1. The molecule has 1 saturated heterocycles. The van der Waals surface area contributed by atoms with Gasteiger partial charge in [0.15, 0.2) is 0 Å². The Kier molecular flexibility index (Phi) is 5.08. The van der Waals surface area contributed by atoms with Crippen molar-refractivity contribution < 1.29 is 14.5 Å². The van der Waals surface area contributed by atoms with Crippen LogP contribution in [0.4, 0.5) is 5.69 Å². The molecular formula is C16H15ClN4O4. The van der Waals surface area contributed by atoms with Crippen LogP contribution in [-0.4, -0.2) is 45.1 Å². The Bertz CT molecular complexity index is 779. The maximum Gasteiger partial charge on any atom is 0.270 e. The largest absolute Gasteiger partial charge is 0.473 e. The molecule has 0 N–H and O–H groups in total. The highest BCUT2D eigenvalue weighted by molar-refractivity contribution is 6.33. The van der Waals surface area contributed by atoms with E-state index in [1.807, 2.05) is 0 Å². The van der Waals surface area contributed by atoms with Gasteiger partial charge in [-0.2, -0.15) is 5.10 Å². The zero-order valence-corrected chi connectivity index (χ0v) is 13.9. The highest BCUT2D eigenvalue weighted by Gasteiger charge is 2.27. The number of aromatic nitrogens is 2. The van der Waals surface area contributed by atoms with Crippen molar-refractivity contribution in [2.45, 2.75) is 18.9 Å². The fourth-order valence-electron chi connectivity index (χ4n) is 2.66. The molecule has 25 heavy (non-hydrogen) atoms. The summed E-state index contributed by atoms with van der Waals surface area (Å²) in [5.74, 6) is 0.139. The van der Waals surface area contributed by atoms with Gasteiger partial charge in [-0.3, -0.25) is 14.9 Å². The maximum absolute atomic E-state index is 12.6. The monoisotopic (exact) mass is 362 g/mol. The number of rotatable bonds is 4. The quantitative estimate of drug-likeness (QED) is 0.612. The number of carbonyl (C=O) groups is 1. The average Bonchev–Trinajstić information content (AvgIpc) is 2.63. The van der Waals surface area contributed by atoms with Crippen molar-refractivity contribution in [3.05, 3.63) is 57.2 Å². The Hall–Kier alpha value is -2.74. The van der Waals surface area contributed by atoms with E-state index in [4.69, 9.17) is 16.3 Å². The molecule has 2 heterocycles. The van der Waals surface area contributed by atoms with E-state index >= 15 is 0 Å². The molecule has 0 atom stereocenters. The molecule has 0 spiro atoms. The third-order valence-electron chi connectivity index (χ3n) is 3.96. The number of hydrogen-bond acceptors (Lipinski definition) is 6. The van der Waals surface area contributed by atoms with Gasteiger partial charge in [-0.15, -0.1) is 5.10 Å². The highest BCUT2D eigenvalue weighted by atomic mass is 35.5. The first-order chi connectivity index (χ1) is 12.0. The molecule has 130 valence electrons. The first kappa shape index (κ1) is 17.1. The fraction of sp³-hybridized carbons (Fsp3) is 0.312. The van der Waals surface area contributed by atoms with Gasteiger partial charge in [0.1, 0.15) is 6.10 Å². The molecule has 9 heteroatoms. The van der Waals surface area contributed by atoms with Crippen LogP contribution in [0.15, 0.2) is 36.5 Å². The lowest BCUT2D eigenvalue weighted by Gasteiger charge is -2.32.